The Morgan fingerprint density at radius 3 is 2.61 bits per heavy atom. The van der Waals surface area contributed by atoms with Crippen molar-refractivity contribution in [2.45, 2.75) is 38.2 Å². The van der Waals surface area contributed by atoms with Gasteiger partial charge in [-0.2, -0.15) is 0 Å². The molecule has 2 aliphatic rings. The maximum Gasteiger partial charge on any atom is 0.0702 e. The van der Waals surface area contributed by atoms with Gasteiger partial charge in [0.15, 0.2) is 0 Å². The molecule has 1 unspecified atom stereocenters. The summed E-state index contributed by atoms with van der Waals surface area (Å²) < 4.78 is 5.73. The van der Waals surface area contributed by atoms with Gasteiger partial charge in [0.25, 0.3) is 0 Å². The molecule has 0 spiro atoms. The molecule has 4 nitrogen and oxygen atoms in total. The van der Waals surface area contributed by atoms with Crippen molar-refractivity contribution in [2.24, 2.45) is 5.73 Å². The molecular formula is C14H29N3O. The van der Waals surface area contributed by atoms with Crippen LogP contribution in [-0.4, -0.2) is 68.3 Å². The second-order valence-electron chi connectivity index (χ2n) is 5.63. The SMILES string of the molecule is NCCCCN1CCCN(CC2CCCO2)CC1. The third kappa shape index (κ3) is 4.84. The first-order valence-corrected chi connectivity index (χ1v) is 7.65. The van der Waals surface area contributed by atoms with Gasteiger partial charge < -0.3 is 15.4 Å². The quantitative estimate of drug-likeness (QED) is 0.717. The van der Waals surface area contributed by atoms with E-state index in [9.17, 15) is 0 Å². The predicted molar refractivity (Wildman–Crippen MR) is 74.8 cm³/mol. The molecule has 2 fully saturated rings. The Balaban J connectivity index is 1.64. The number of hydrogen-bond donors (Lipinski definition) is 1. The molecule has 0 saturated carbocycles. The summed E-state index contributed by atoms with van der Waals surface area (Å²) in [5.41, 5.74) is 5.55. The van der Waals surface area contributed by atoms with Crippen molar-refractivity contribution in [3.63, 3.8) is 0 Å². The van der Waals surface area contributed by atoms with Gasteiger partial charge in [0.2, 0.25) is 0 Å². The molecule has 18 heavy (non-hydrogen) atoms. The fourth-order valence-electron chi connectivity index (χ4n) is 2.99. The zero-order valence-electron chi connectivity index (χ0n) is 11.6. The van der Waals surface area contributed by atoms with Crippen LogP contribution in [0, 0.1) is 0 Å². The molecule has 2 heterocycles. The standard InChI is InChI=1S/C14H29N3O/c15-6-1-2-7-16-8-4-9-17(11-10-16)13-14-5-3-12-18-14/h14H,1-13,15H2. The summed E-state index contributed by atoms with van der Waals surface area (Å²) in [6, 6.07) is 0. The van der Waals surface area contributed by atoms with E-state index in [0.29, 0.717) is 6.10 Å². The van der Waals surface area contributed by atoms with Crippen molar-refractivity contribution in [1.29, 1.82) is 0 Å². The highest BCUT2D eigenvalue weighted by atomic mass is 16.5. The van der Waals surface area contributed by atoms with E-state index in [1.807, 2.05) is 0 Å². The highest BCUT2D eigenvalue weighted by molar-refractivity contribution is 4.75. The zero-order chi connectivity index (χ0) is 12.6. The van der Waals surface area contributed by atoms with Crippen molar-refractivity contribution < 1.29 is 4.74 Å². The summed E-state index contributed by atoms with van der Waals surface area (Å²) in [7, 11) is 0. The van der Waals surface area contributed by atoms with Crippen molar-refractivity contribution in [2.75, 3.05) is 52.4 Å². The lowest BCUT2D eigenvalue weighted by molar-refractivity contribution is 0.0743. The third-order valence-electron chi connectivity index (χ3n) is 4.10. The second kappa shape index (κ2) is 8.10. The molecule has 0 aliphatic carbocycles. The van der Waals surface area contributed by atoms with Crippen LogP contribution < -0.4 is 5.73 Å². The minimum absolute atomic E-state index is 0.508. The highest BCUT2D eigenvalue weighted by Crippen LogP contribution is 2.14. The highest BCUT2D eigenvalue weighted by Gasteiger charge is 2.21. The number of ether oxygens (including phenoxy) is 1. The molecule has 2 aliphatic heterocycles. The molecule has 0 aromatic heterocycles. The summed E-state index contributed by atoms with van der Waals surface area (Å²) in [6.45, 7) is 9.12. The maximum absolute atomic E-state index is 5.73. The van der Waals surface area contributed by atoms with Crippen LogP contribution in [0.3, 0.4) is 0 Å². The van der Waals surface area contributed by atoms with Crippen LogP contribution in [-0.2, 0) is 4.74 Å². The Labute approximate surface area is 111 Å². The normalized spacial score (nSPS) is 27.5. The van der Waals surface area contributed by atoms with E-state index >= 15 is 0 Å². The van der Waals surface area contributed by atoms with Gasteiger partial charge in [0, 0.05) is 26.2 Å². The van der Waals surface area contributed by atoms with Crippen molar-refractivity contribution in [3.05, 3.63) is 0 Å². The van der Waals surface area contributed by atoms with Gasteiger partial charge >= 0.3 is 0 Å². The summed E-state index contributed by atoms with van der Waals surface area (Å²) in [5.74, 6) is 0. The van der Waals surface area contributed by atoms with E-state index in [1.165, 1.54) is 58.4 Å². The fraction of sp³-hybridized carbons (Fsp3) is 1.00. The lowest BCUT2D eigenvalue weighted by Crippen LogP contribution is -2.36. The smallest absolute Gasteiger partial charge is 0.0702 e. The van der Waals surface area contributed by atoms with Crippen LogP contribution in [0.2, 0.25) is 0 Å². The molecule has 0 bridgehead atoms. The van der Waals surface area contributed by atoms with Gasteiger partial charge in [0.05, 0.1) is 6.10 Å². The van der Waals surface area contributed by atoms with Crippen LogP contribution in [0.1, 0.15) is 32.1 Å². The molecule has 2 rings (SSSR count). The average Bonchev–Trinajstić information content (AvgIpc) is 2.78. The Kier molecular flexibility index (Phi) is 6.41. The van der Waals surface area contributed by atoms with E-state index in [1.54, 1.807) is 0 Å². The Bertz CT molecular complexity index is 219. The first-order chi connectivity index (χ1) is 8.88. The average molecular weight is 255 g/mol. The minimum Gasteiger partial charge on any atom is -0.377 e. The molecule has 106 valence electrons. The molecule has 4 heteroatoms. The van der Waals surface area contributed by atoms with Crippen LogP contribution in [0.4, 0.5) is 0 Å². The van der Waals surface area contributed by atoms with Crippen LogP contribution in [0.5, 0.6) is 0 Å². The van der Waals surface area contributed by atoms with Crippen molar-refractivity contribution in [1.82, 2.24) is 9.80 Å². The maximum atomic E-state index is 5.73. The van der Waals surface area contributed by atoms with Gasteiger partial charge in [-0.3, -0.25) is 4.90 Å². The predicted octanol–water partition coefficient (Wildman–Crippen LogP) is 0.912. The zero-order valence-corrected chi connectivity index (χ0v) is 11.6. The van der Waals surface area contributed by atoms with Crippen molar-refractivity contribution in [3.8, 4) is 0 Å². The topological polar surface area (TPSA) is 41.7 Å². The molecule has 0 aromatic carbocycles. The summed E-state index contributed by atoms with van der Waals surface area (Å²) in [4.78, 5) is 5.20. The van der Waals surface area contributed by atoms with Crippen LogP contribution in [0.25, 0.3) is 0 Å². The molecule has 0 aromatic rings. The van der Waals surface area contributed by atoms with Crippen molar-refractivity contribution >= 4 is 0 Å². The third-order valence-corrected chi connectivity index (χ3v) is 4.10. The first-order valence-electron chi connectivity index (χ1n) is 7.65. The second-order valence-corrected chi connectivity index (χ2v) is 5.63. The molecule has 0 radical (unpaired) electrons. The van der Waals surface area contributed by atoms with Crippen LogP contribution in [0.15, 0.2) is 0 Å². The molecular weight excluding hydrogens is 226 g/mol. The Morgan fingerprint density at radius 2 is 1.83 bits per heavy atom. The van der Waals surface area contributed by atoms with E-state index in [-0.39, 0.29) is 0 Å². The molecule has 1 atom stereocenters. The van der Waals surface area contributed by atoms with Crippen LogP contribution >= 0.6 is 0 Å². The molecule has 0 amide bonds. The number of rotatable bonds is 6. The molecule has 2 N–H and O–H groups in total. The van der Waals surface area contributed by atoms with Gasteiger partial charge in [-0.25, -0.2) is 0 Å². The number of nitrogens with zero attached hydrogens (tertiary/aromatic N) is 2. The first kappa shape index (κ1) is 14.3. The van der Waals surface area contributed by atoms with Gasteiger partial charge in [0.1, 0.15) is 0 Å². The Hall–Kier alpha value is -0.160. The van der Waals surface area contributed by atoms with Gasteiger partial charge in [-0.05, 0) is 58.3 Å². The van der Waals surface area contributed by atoms with E-state index in [4.69, 9.17) is 10.5 Å². The number of hydrogen-bond acceptors (Lipinski definition) is 4. The molecule has 2 saturated heterocycles. The van der Waals surface area contributed by atoms with Gasteiger partial charge in [-0.1, -0.05) is 0 Å². The summed E-state index contributed by atoms with van der Waals surface area (Å²) in [6.07, 6.45) is 6.74. The van der Waals surface area contributed by atoms with Gasteiger partial charge in [-0.15, -0.1) is 0 Å². The van der Waals surface area contributed by atoms with E-state index in [0.717, 1.165) is 26.1 Å². The minimum atomic E-state index is 0.508. The van der Waals surface area contributed by atoms with E-state index < -0.39 is 0 Å². The Morgan fingerprint density at radius 1 is 1.00 bits per heavy atom. The lowest BCUT2D eigenvalue weighted by Gasteiger charge is -2.24. The summed E-state index contributed by atoms with van der Waals surface area (Å²) >= 11 is 0. The summed E-state index contributed by atoms with van der Waals surface area (Å²) in [5, 5.41) is 0. The lowest BCUT2D eigenvalue weighted by atomic mass is 10.2. The fourth-order valence-corrected chi connectivity index (χ4v) is 2.99. The largest absolute Gasteiger partial charge is 0.377 e. The number of nitrogens with two attached hydrogens (primary N) is 1. The number of unbranched alkanes of at least 4 members (excludes halogenated alkanes) is 1. The van der Waals surface area contributed by atoms with E-state index in [2.05, 4.69) is 9.80 Å². The monoisotopic (exact) mass is 255 g/mol.